The van der Waals surface area contributed by atoms with E-state index in [1.807, 2.05) is 31.1 Å². The molecule has 0 unspecified atom stereocenters. The minimum atomic E-state index is -2.73. The number of hydrogen-bond donors (Lipinski definition) is 3. The molecule has 0 spiro atoms. The highest BCUT2D eigenvalue weighted by Crippen LogP contribution is 2.31. The number of H-pyrrole nitrogens is 1. The molecule has 1 aliphatic rings. The molecule has 4 heterocycles. The quantitative estimate of drug-likeness (QED) is 0.578. The lowest BCUT2D eigenvalue weighted by Crippen LogP contribution is -2.40. The predicted octanol–water partition coefficient (Wildman–Crippen LogP) is 4.04. The van der Waals surface area contributed by atoms with Crippen LogP contribution in [0, 0.1) is 5.82 Å². The molecule has 31 heavy (non-hydrogen) atoms. The van der Waals surface area contributed by atoms with Crippen LogP contribution in [0.1, 0.15) is 12.8 Å². The summed E-state index contributed by atoms with van der Waals surface area (Å²) in [6.45, 7) is 0.0410. The third-order valence-corrected chi connectivity index (χ3v) is 5.09. The Morgan fingerprint density at radius 1 is 1.23 bits per heavy atom. The Hall–Kier alpha value is -3.50. The number of nitrogens with zero attached hydrogens (tertiary/aromatic N) is 4. The summed E-state index contributed by atoms with van der Waals surface area (Å²) in [4.78, 5) is 27.3. The molecule has 0 aromatic carbocycles. The first-order valence-electron chi connectivity index (χ1n) is 9.74. The number of aromatic amines is 1. The Balaban J connectivity index is 1.44. The fourth-order valence-electron chi connectivity index (χ4n) is 3.40. The summed E-state index contributed by atoms with van der Waals surface area (Å²) in [5, 5.41) is 5.20. The molecular weight excluding hydrogens is 411 g/mol. The van der Waals surface area contributed by atoms with E-state index in [1.54, 1.807) is 6.20 Å². The summed E-state index contributed by atoms with van der Waals surface area (Å²) in [6, 6.07) is 4.23. The number of nitrogens with one attached hydrogen (secondary N) is 3. The van der Waals surface area contributed by atoms with Crippen LogP contribution in [0.15, 0.2) is 30.6 Å². The first-order chi connectivity index (χ1) is 14.7. The number of urea groups is 1. The average Bonchev–Trinajstić information content (AvgIpc) is 3.10. The van der Waals surface area contributed by atoms with E-state index in [4.69, 9.17) is 0 Å². The number of pyridine rings is 2. The lowest BCUT2D eigenvalue weighted by Gasteiger charge is -2.32. The fraction of sp³-hybridized carbons (Fsp3) is 0.350. The van der Waals surface area contributed by atoms with Crippen molar-refractivity contribution in [1.29, 1.82) is 0 Å². The van der Waals surface area contributed by atoms with Gasteiger partial charge in [0.05, 0.1) is 23.1 Å². The van der Waals surface area contributed by atoms with E-state index in [2.05, 4.69) is 25.6 Å². The van der Waals surface area contributed by atoms with Crippen molar-refractivity contribution in [2.75, 3.05) is 47.6 Å². The van der Waals surface area contributed by atoms with Crippen molar-refractivity contribution in [2.45, 2.75) is 18.8 Å². The van der Waals surface area contributed by atoms with Gasteiger partial charge >= 0.3 is 6.03 Å². The van der Waals surface area contributed by atoms with Crippen molar-refractivity contribution in [1.82, 2.24) is 15.0 Å². The molecule has 0 radical (unpaired) electrons. The molecule has 2 amide bonds. The van der Waals surface area contributed by atoms with Gasteiger partial charge in [-0.05, 0) is 12.1 Å². The number of rotatable bonds is 4. The zero-order valence-electron chi connectivity index (χ0n) is 17.0. The Bertz CT molecular complexity index is 1110. The first kappa shape index (κ1) is 20.8. The minimum absolute atomic E-state index is 0.00139. The van der Waals surface area contributed by atoms with Crippen LogP contribution >= 0.6 is 0 Å². The monoisotopic (exact) mass is 433 g/mol. The highest BCUT2D eigenvalue weighted by molar-refractivity contribution is 6.05. The maximum atomic E-state index is 14.5. The Morgan fingerprint density at radius 3 is 2.65 bits per heavy atom. The smallest absolute Gasteiger partial charge is 0.323 e. The number of amides is 2. The number of carbonyl (C=O) groups is 1. The van der Waals surface area contributed by atoms with Crippen LogP contribution in [-0.2, 0) is 0 Å². The molecule has 1 aliphatic heterocycles. The van der Waals surface area contributed by atoms with Gasteiger partial charge < -0.3 is 25.4 Å². The number of aromatic nitrogens is 3. The Labute approximate surface area is 176 Å². The maximum absolute atomic E-state index is 14.5. The van der Waals surface area contributed by atoms with Gasteiger partial charge in [-0.25, -0.2) is 27.9 Å². The third-order valence-electron chi connectivity index (χ3n) is 5.09. The molecule has 3 aromatic rings. The van der Waals surface area contributed by atoms with Gasteiger partial charge in [0.25, 0.3) is 5.92 Å². The number of alkyl halides is 2. The largest absolute Gasteiger partial charge is 0.363 e. The van der Waals surface area contributed by atoms with Gasteiger partial charge in [0.15, 0.2) is 11.6 Å². The molecule has 1 saturated heterocycles. The number of piperidine rings is 1. The van der Waals surface area contributed by atoms with Crippen LogP contribution in [0.5, 0.6) is 0 Å². The first-order valence-corrected chi connectivity index (χ1v) is 9.74. The summed E-state index contributed by atoms with van der Waals surface area (Å²) >= 11 is 0. The predicted molar refractivity (Wildman–Crippen MR) is 114 cm³/mol. The van der Waals surface area contributed by atoms with Gasteiger partial charge in [0.2, 0.25) is 0 Å². The van der Waals surface area contributed by atoms with Gasteiger partial charge in [-0.15, -0.1) is 0 Å². The number of anilines is 4. The van der Waals surface area contributed by atoms with Gasteiger partial charge in [-0.1, -0.05) is 0 Å². The number of halogens is 3. The molecule has 3 N–H and O–H groups in total. The molecule has 0 bridgehead atoms. The summed E-state index contributed by atoms with van der Waals surface area (Å²) < 4.78 is 41.1. The van der Waals surface area contributed by atoms with Gasteiger partial charge in [-0.3, -0.25) is 0 Å². The summed E-state index contributed by atoms with van der Waals surface area (Å²) in [5.41, 5.74) is 1.95. The van der Waals surface area contributed by atoms with Crippen molar-refractivity contribution in [3.05, 3.63) is 36.4 Å². The molecule has 11 heteroatoms. The van der Waals surface area contributed by atoms with Crippen LogP contribution in [-0.4, -0.2) is 54.1 Å². The molecule has 4 rings (SSSR count). The zero-order chi connectivity index (χ0) is 22.2. The van der Waals surface area contributed by atoms with E-state index in [-0.39, 0.29) is 37.4 Å². The van der Waals surface area contributed by atoms with Gasteiger partial charge in [-0.2, -0.15) is 0 Å². The number of fused-ring (bicyclic) bond motifs is 1. The molecule has 1 fully saturated rings. The average molecular weight is 433 g/mol. The lowest BCUT2D eigenvalue weighted by molar-refractivity contribution is -0.0222. The Morgan fingerprint density at radius 2 is 1.97 bits per heavy atom. The Kier molecular flexibility index (Phi) is 5.34. The molecule has 8 nitrogen and oxygen atoms in total. The van der Waals surface area contributed by atoms with Crippen molar-refractivity contribution < 1.29 is 18.0 Å². The molecule has 164 valence electrons. The van der Waals surface area contributed by atoms with E-state index in [1.165, 1.54) is 11.1 Å². The van der Waals surface area contributed by atoms with Crippen LogP contribution in [0.25, 0.3) is 11.0 Å². The van der Waals surface area contributed by atoms with E-state index >= 15 is 0 Å². The van der Waals surface area contributed by atoms with Crippen molar-refractivity contribution in [2.24, 2.45) is 0 Å². The highest BCUT2D eigenvalue weighted by Gasteiger charge is 2.35. The van der Waals surface area contributed by atoms with E-state index in [0.717, 1.165) is 17.4 Å². The van der Waals surface area contributed by atoms with Gasteiger partial charge in [0.1, 0.15) is 11.3 Å². The molecular formula is C20H22F3N7O. The van der Waals surface area contributed by atoms with Gasteiger partial charge in [0, 0.05) is 52.3 Å². The second-order valence-corrected chi connectivity index (χ2v) is 7.61. The van der Waals surface area contributed by atoms with Crippen LogP contribution in [0.4, 0.5) is 41.0 Å². The van der Waals surface area contributed by atoms with Crippen molar-refractivity contribution in [3.8, 4) is 0 Å². The molecule has 0 aliphatic carbocycles. The van der Waals surface area contributed by atoms with E-state index in [9.17, 15) is 18.0 Å². The minimum Gasteiger partial charge on any atom is -0.363 e. The second kappa shape index (κ2) is 7.97. The second-order valence-electron chi connectivity index (χ2n) is 7.61. The van der Waals surface area contributed by atoms with E-state index in [0.29, 0.717) is 11.2 Å². The summed E-state index contributed by atoms with van der Waals surface area (Å²) in [5.74, 6) is -2.68. The summed E-state index contributed by atoms with van der Waals surface area (Å²) in [6.07, 6.45) is 2.22. The number of carbonyl (C=O) groups excluding carboxylic acids is 1. The van der Waals surface area contributed by atoms with Crippen LogP contribution in [0.3, 0.4) is 0 Å². The van der Waals surface area contributed by atoms with Crippen LogP contribution < -0.4 is 20.4 Å². The number of hydrogen-bond acceptors (Lipinski definition) is 5. The van der Waals surface area contributed by atoms with E-state index < -0.39 is 17.8 Å². The lowest BCUT2D eigenvalue weighted by atomic mass is 10.1. The SMILES string of the molecule is CN(C)c1ccc2[nH]cc(NC(=O)Nc3cnc(N4CCC(F)(F)CC4)c(F)c3)c2n1. The van der Waals surface area contributed by atoms with Crippen molar-refractivity contribution in [3.63, 3.8) is 0 Å². The topological polar surface area (TPSA) is 89.2 Å². The zero-order valence-corrected chi connectivity index (χ0v) is 17.0. The third kappa shape index (κ3) is 4.49. The standard InChI is InChI=1S/C20H22F3N7O/c1-29(2)16-4-3-14-17(28-16)15(11-24-14)27-19(31)26-12-9-13(21)18(25-10-12)30-7-5-20(22,23)6-8-30/h3-4,9-11,24H,5-8H2,1-2H3,(H2,26,27,31). The molecule has 3 aromatic heterocycles. The highest BCUT2D eigenvalue weighted by atomic mass is 19.3. The fourth-order valence-corrected chi connectivity index (χ4v) is 3.40. The maximum Gasteiger partial charge on any atom is 0.323 e. The van der Waals surface area contributed by atoms with Crippen molar-refractivity contribution >= 4 is 40.1 Å². The summed E-state index contributed by atoms with van der Waals surface area (Å²) in [7, 11) is 3.72. The normalized spacial score (nSPS) is 15.7. The molecule has 0 atom stereocenters. The molecule has 0 saturated carbocycles. The van der Waals surface area contributed by atoms with Crippen LogP contribution in [0.2, 0.25) is 0 Å².